The van der Waals surface area contributed by atoms with Crippen LogP contribution in [-0.2, 0) is 0 Å². The third-order valence-corrected chi connectivity index (χ3v) is 2.23. The maximum Gasteiger partial charge on any atom is 0.287 e. The largest absolute Gasteiger partial charge is 0.459 e. The second-order valence-electron chi connectivity index (χ2n) is 4.17. The van der Waals surface area contributed by atoms with E-state index in [-0.39, 0.29) is 5.91 Å². The summed E-state index contributed by atoms with van der Waals surface area (Å²) in [6.45, 7) is 6.80. The van der Waals surface area contributed by atoms with Crippen LogP contribution in [0.25, 0.3) is 0 Å². The lowest BCUT2D eigenvalue weighted by Gasteiger charge is -2.07. The second kappa shape index (κ2) is 7.06. The number of hydrogen-bond acceptors (Lipinski definition) is 3. The van der Waals surface area contributed by atoms with Crippen molar-refractivity contribution in [2.75, 3.05) is 19.6 Å². The Bertz CT molecular complexity index is 294. The normalized spacial score (nSPS) is 10.7. The Kier molecular flexibility index (Phi) is 5.64. The van der Waals surface area contributed by atoms with E-state index in [1.165, 1.54) is 6.26 Å². The van der Waals surface area contributed by atoms with Gasteiger partial charge in [0, 0.05) is 13.1 Å². The van der Waals surface area contributed by atoms with E-state index in [4.69, 9.17) is 4.42 Å². The van der Waals surface area contributed by atoms with Crippen molar-refractivity contribution < 1.29 is 9.21 Å². The quantitative estimate of drug-likeness (QED) is 0.692. The first kappa shape index (κ1) is 12.8. The van der Waals surface area contributed by atoms with Crippen LogP contribution in [0.5, 0.6) is 0 Å². The van der Waals surface area contributed by atoms with E-state index >= 15 is 0 Å². The van der Waals surface area contributed by atoms with Crippen LogP contribution < -0.4 is 10.6 Å². The van der Waals surface area contributed by atoms with E-state index in [1.807, 2.05) is 0 Å². The highest BCUT2D eigenvalue weighted by Gasteiger charge is 2.06. The summed E-state index contributed by atoms with van der Waals surface area (Å²) < 4.78 is 4.97. The molecule has 4 nitrogen and oxygen atoms in total. The van der Waals surface area contributed by atoms with Gasteiger partial charge in [0.05, 0.1) is 6.26 Å². The number of rotatable bonds is 7. The monoisotopic (exact) mass is 224 g/mol. The minimum absolute atomic E-state index is 0.157. The molecule has 0 bridgehead atoms. The van der Waals surface area contributed by atoms with Gasteiger partial charge in [-0.1, -0.05) is 13.8 Å². The zero-order chi connectivity index (χ0) is 11.8. The zero-order valence-electron chi connectivity index (χ0n) is 9.95. The SMILES string of the molecule is CC(C)CCNCCNC(=O)c1ccco1. The van der Waals surface area contributed by atoms with Crippen LogP contribution in [0.4, 0.5) is 0 Å². The molecule has 0 spiro atoms. The van der Waals surface area contributed by atoms with Crippen LogP contribution in [-0.4, -0.2) is 25.5 Å². The lowest BCUT2D eigenvalue weighted by atomic mass is 10.1. The molecule has 0 saturated heterocycles. The van der Waals surface area contributed by atoms with Gasteiger partial charge >= 0.3 is 0 Å². The molecule has 1 amide bonds. The first-order chi connectivity index (χ1) is 7.70. The van der Waals surface area contributed by atoms with E-state index in [9.17, 15) is 4.79 Å². The molecule has 1 rings (SSSR count). The molecule has 4 heteroatoms. The number of nitrogens with one attached hydrogen (secondary N) is 2. The highest BCUT2D eigenvalue weighted by atomic mass is 16.3. The number of amides is 1. The van der Waals surface area contributed by atoms with Gasteiger partial charge < -0.3 is 15.1 Å². The molecule has 1 aromatic rings. The van der Waals surface area contributed by atoms with Gasteiger partial charge in [0.2, 0.25) is 0 Å². The van der Waals surface area contributed by atoms with Crippen molar-refractivity contribution in [3.63, 3.8) is 0 Å². The van der Waals surface area contributed by atoms with Gasteiger partial charge in [-0.15, -0.1) is 0 Å². The molecule has 0 aliphatic rings. The van der Waals surface area contributed by atoms with Gasteiger partial charge in [0.1, 0.15) is 0 Å². The molecule has 0 aliphatic carbocycles. The fourth-order valence-corrected chi connectivity index (χ4v) is 1.28. The predicted octanol–water partition coefficient (Wildman–Crippen LogP) is 1.65. The van der Waals surface area contributed by atoms with Gasteiger partial charge in [-0.3, -0.25) is 4.79 Å². The third kappa shape index (κ3) is 4.98. The minimum Gasteiger partial charge on any atom is -0.459 e. The fraction of sp³-hybridized carbons (Fsp3) is 0.583. The lowest BCUT2D eigenvalue weighted by molar-refractivity contribution is 0.0926. The average molecular weight is 224 g/mol. The summed E-state index contributed by atoms with van der Waals surface area (Å²) in [6, 6.07) is 3.36. The van der Waals surface area contributed by atoms with Crippen molar-refractivity contribution in [1.82, 2.24) is 10.6 Å². The van der Waals surface area contributed by atoms with Crippen molar-refractivity contribution in [2.24, 2.45) is 5.92 Å². The van der Waals surface area contributed by atoms with E-state index in [0.29, 0.717) is 18.2 Å². The van der Waals surface area contributed by atoms with E-state index in [1.54, 1.807) is 12.1 Å². The van der Waals surface area contributed by atoms with Crippen molar-refractivity contribution in [3.8, 4) is 0 Å². The Morgan fingerprint density at radius 1 is 1.38 bits per heavy atom. The molecule has 1 heterocycles. The van der Waals surface area contributed by atoms with Crippen molar-refractivity contribution in [1.29, 1.82) is 0 Å². The molecule has 0 fully saturated rings. The van der Waals surface area contributed by atoms with Gasteiger partial charge in [-0.25, -0.2) is 0 Å². The first-order valence-corrected chi connectivity index (χ1v) is 5.72. The fourth-order valence-electron chi connectivity index (χ4n) is 1.28. The Morgan fingerprint density at radius 3 is 2.81 bits per heavy atom. The second-order valence-corrected chi connectivity index (χ2v) is 4.17. The number of furan rings is 1. The van der Waals surface area contributed by atoms with E-state index in [0.717, 1.165) is 19.5 Å². The number of carbonyl (C=O) groups excluding carboxylic acids is 1. The van der Waals surface area contributed by atoms with Crippen LogP contribution in [0, 0.1) is 5.92 Å². The molecule has 0 aromatic carbocycles. The molecule has 2 N–H and O–H groups in total. The molecule has 0 unspecified atom stereocenters. The number of hydrogen-bond donors (Lipinski definition) is 2. The maximum atomic E-state index is 11.4. The summed E-state index contributed by atoms with van der Waals surface area (Å²) in [4.78, 5) is 11.4. The molecule has 0 saturated carbocycles. The summed E-state index contributed by atoms with van der Waals surface area (Å²) in [7, 11) is 0. The molecular weight excluding hydrogens is 204 g/mol. The molecule has 0 aliphatic heterocycles. The van der Waals surface area contributed by atoms with Crippen molar-refractivity contribution >= 4 is 5.91 Å². The minimum atomic E-state index is -0.157. The zero-order valence-corrected chi connectivity index (χ0v) is 9.95. The molecule has 90 valence electrons. The Hall–Kier alpha value is -1.29. The molecule has 16 heavy (non-hydrogen) atoms. The van der Waals surface area contributed by atoms with Gasteiger partial charge in [-0.2, -0.15) is 0 Å². The van der Waals surface area contributed by atoms with Crippen LogP contribution in [0.1, 0.15) is 30.8 Å². The average Bonchev–Trinajstić information content (AvgIpc) is 2.75. The van der Waals surface area contributed by atoms with E-state index < -0.39 is 0 Å². The molecule has 0 radical (unpaired) electrons. The van der Waals surface area contributed by atoms with Gasteiger partial charge in [0.15, 0.2) is 5.76 Å². The lowest BCUT2D eigenvalue weighted by Crippen LogP contribution is -2.32. The molecular formula is C12H20N2O2. The van der Waals surface area contributed by atoms with Crippen LogP contribution in [0.15, 0.2) is 22.8 Å². The third-order valence-electron chi connectivity index (χ3n) is 2.23. The maximum absolute atomic E-state index is 11.4. The standard InChI is InChI=1S/C12H20N2O2/c1-10(2)5-6-13-7-8-14-12(15)11-4-3-9-16-11/h3-4,9-10,13H,5-8H2,1-2H3,(H,14,15). The summed E-state index contributed by atoms with van der Waals surface area (Å²) in [6.07, 6.45) is 2.65. The number of carbonyl (C=O) groups is 1. The molecule has 1 aromatic heterocycles. The van der Waals surface area contributed by atoms with Crippen LogP contribution in [0.2, 0.25) is 0 Å². The Labute approximate surface area is 96.4 Å². The van der Waals surface area contributed by atoms with E-state index in [2.05, 4.69) is 24.5 Å². The molecule has 0 atom stereocenters. The Balaban J connectivity index is 2.01. The summed E-state index contributed by atoms with van der Waals surface area (Å²) >= 11 is 0. The summed E-state index contributed by atoms with van der Waals surface area (Å²) in [5.74, 6) is 0.919. The van der Waals surface area contributed by atoms with Crippen molar-refractivity contribution in [2.45, 2.75) is 20.3 Å². The van der Waals surface area contributed by atoms with Crippen molar-refractivity contribution in [3.05, 3.63) is 24.2 Å². The first-order valence-electron chi connectivity index (χ1n) is 5.72. The predicted molar refractivity (Wildman–Crippen MR) is 63.4 cm³/mol. The van der Waals surface area contributed by atoms with Crippen LogP contribution >= 0.6 is 0 Å². The Morgan fingerprint density at radius 2 is 2.19 bits per heavy atom. The topological polar surface area (TPSA) is 54.3 Å². The summed E-state index contributed by atoms with van der Waals surface area (Å²) in [5, 5.41) is 6.05. The highest BCUT2D eigenvalue weighted by molar-refractivity contribution is 5.91. The highest BCUT2D eigenvalue weighted by Crippen LogP contribution is 1.98. The van der Waals surface area contributed by atoms with Gasteiger partial charge in [0.25, 0.3) is 5.91 Å². The van der Waals surface area contributed by atoms with Gasteiger partial charge in [-0.05, 0) is 31.0 Å². The smallest absolute Gasteiger partial charge is 0.287 e. The summed E-state index contributed by atoms with van der Waals surface area (Å²) in [5.41, 5.74) is 0. The van der Waals surface area contributed by atoms with Crippen LogP contribution in [0.3, 0.4) is 0 Å².